The number of likely N-dealkylation sites (N-methyl/N-ethyl adjacent to an activating group) is 1. The molecule has 0 saturated heterocycles. The Morgan fingerprint density at radius 3 is 2.91 bits per heavy atom. The van der Waals surface area contributed by atoms with Gasteiger partial charge in [-0.15, -0.1) is 0 Å². The molecular formula is C8H16N2O. The van der Waals surface area contributed by atoms with Gasteiger partial charge >= 0.3 is 0 Å². The van der Waals surface area contributed by atoms with Crippen molar-refractivity contribution in [2.24, 2.45) is 0 Å². The Morgan fingerprint density at radius 1 is 1.45 bits per heavy atom. The van der Waals surface area contributed by atoms with E-state index in [0.717, 1.165) is 26.1 Å². The quantitative estimate of drug-likeness (QED) is 0.557. The van der Waals surface area contributed by atoms with E-state index in [4.69, 9.17) is 10.00 Å². The SMILES string of the molecule is CCNCCOCCCC#N. The summed E-state index contributed by atoms with van der Waals surface area (Å²) in [4.78, 5) is 0. The Labute approximate surface area is 68.3 Å². The van der Waals surface area contributed by atoms with Crippen LogP contribution < -0.4 is 5.32 Å². The highest BCUT2D eigenvalue weighted by Gasteiger charge is 1.87. The summed E-state index contributed by atoms with van der Waals surface area (Å²) >= 11 is 0. The van der Waals surface area contributed by atoms with E-state index in [9.17, 15) is 0 Å². The first-order valence-corrected chi connectivity index (χ1v) is 4.07. The highest BCUT2D eigenvalue weighted by atomic mass is 16.5. The van der Waals surface area contributed by atoms with E-state index < -0.39 is 0 Å². The summed E-state index contributed by atoms with van der Waals surface area (Å²) in [5.74, 6) is 0. The van der Waals surface area contributed by atoms with Crippen molar-refractivity contribution >= 4 is 0 Å². The molecule has 11 heavy (non-hydrogen) atoms. The van der Waals surface area contributed by atoms with E-state index >= 15 is 0 Å². The molecule has 3 nitrogen and oxygen atoms in total. The van der Waals surface area contributed by atoms with Gasteiger partial charge in [-0.3, -0.25) is 0 Å². The second-order valence-corrected chi connectivity index (χ2v) is 2.23. The van der Waals surface area contributed by atoms with Crippen molar-refractivity contribution in [3.05, 3.63) is 0 Å². The number of nitriles is 1. The highest BCUT2D eigenvalue weighted by Crippen LogP contribution is 1.86. The van der Waals surface area contributed by atoms with Crippen LogP contribution >= 0.6 is 0 Å². The lowest BCUT2D eigenvalue weighted by Crippen LogP contribution is -2.19. The Hall–Kier alpha value is -0.590. The number of hydrogen-bond donors (Lipinski definition) is 1. The van der Waals surface area contributed by atoms with Gasteiger partial charge in [0.05, 0.1) is 12.7 Å². The van der Waals surface area contributed by atoms with Gasteiger partial charge in [-0.1, -0.05) is 6.92 Å². The molecule has 0 aromatic carbocycles. The third kappa shape index (κ3) is 9.41. The van der Waals surface area contributed by atoms with Gasteiger partial charge in [-0.05, 0) is 13.0 Å². The smallest absolute Gasteiger partial charge is 0.0622 e. The predicted octanol–water partition coefficient (Wildman–Crippen LogP) is 0.916. The minimum absolute atomic E-state index is 0.598. The summed E-state index contributed by atoms with van der Waals surface area (Å²) < 4.78 is 5.22. The molecule has 0 unspecified atom stereocenters. The molecule has 0 aliphatic rings. The van der Waals surface area contributed by atoms with Crippen LogP contribution in [-0.4, -0.2) is 26.3 Å². The van der Waals surface area contributed by atoms with Gasteiger partial charge in [-0.2, -0.15) is 5.26 Å². The highest BCUT2D eigenvalue weighted by molar-refractivity contribution is 4.67. The molecule has 0 aliphatic carbocycles. The monoisotopic (exact) mass is 156 g/mol. The molecule has 3 heteroatoms. The molecule has 64 valence electrons. The summed E-state index contributed by atoms with van der Waals surface area (Å²) in [6, 6.07) is 2.07. The van der Waals surface area contributed by atoms with Gasteiger partial charge in [0.2, 0.25) is 0 Å². The molecule has 0 fully saturated rings. The largest absolute Gasteiger partial charge is 0.380 e. The molecule has 0 heterocycles. The van der Waals surface area contributed by atoms with Crippen molar-refractivity contribution in [3.63, 3.8) is 0 Å². The zero-order chi connectivity index (χ0) is 8.36. The normalized spacial score (nSPS) is 9.45. The van der Waals surface area contributed by atoms with E-state index in [1.165, 1.54) is 0 Å². The van der Waals surface area contributed by atoms with Crippen LogP contribution in [0.3, 0.4) is 0 Å². The number of hydrogen-bond acceptors (Lipinski definition) is 3. The lowest BCUT2D eigenvalue weighted by Gasteiger charge is -2.02. The average Bonchev–Trinajstić information content (AvgIpc) is 2.03. The minimum atomic E-state index is 0.598. The molecule has 0 atom stereocenters. The van der Waals surface area contributed by atoms with E-state index in [1.807, 2.05) is 0 Å². The maximum Gasteiger partial charge on any atom is 0.0622 e. The van der Waals surface area contributed by atoms with Crippen LogP contribution in [0.2, 0.25) is 0 Å². The van der Waals surface area contributed by atoms with Crippen LogP contribution in [-0.2, 0) is 4.74 Å². The van der Waals surface area contributed by atoms with Crippen LogP contribution in [0.4, 0.5) is 0 Å². The Bertz CT molecular complexity index is 109. The van der Waals surface area contributed by atoms with Crippen LogP contribution in [0.15, 0.2) is 0 Å². The lowest BCUT2D eigenvalue weighted by atomic mass is 10.3. The number of nitrogens with zero attached hydrogens (tertiary/aromatic N) is 1. The first-order valence-electron chi connectivity index (χ1n) is 4.07. The van der Waals surface area contributed by atoms with Crippen molar-refractivity contribution in [2.75, 3.05) is 26.3 Å². The summed E-state index contributed by atoms with van der Waals surface area (Å²) in [6.07, 6.45) is 1.45. The van der Waals surface area contributed by atoms with E-state index in [2.05, 4.69) is 18.3 Å². The van der Waals surface area contributed by atoms with Crippen LogP contribution in [0.25, 0.3) is 0 Å². The van der Waals surface area contributed by atoms with Crippen LogP contribution in [0.5, 0.6) is 0 Å². The molecule has 0 radical (unpaired) electrons. The van der Waals surface area contributed by atoms with Crippen molar-refractivity contribution in [2.45, 2.75) is 19.8 Å². The van der Waals surface area contributed by atoms with Gasteiger partial charge in [0.25, 0.3) is 0 Å². The van der Waals surface area contributed by atoms with E-state index in [0.29, 0.717) is 13.0 Å². The van der Waals surface area contributed by atoms with E-state index in [1.54, 1.807) is 0 Å². The fraction of sp³-hybridized carbons (Fsp3) is 0.875. The molecule has 0 aromatic heterocycles. The van der Waals surface area contributed by atoms with Gasteiger partial charge in [0.1, 0.15) is 0 Å². The van der Waals surface area contributed by atoms with Gasteiger partial charge in [0, 0.05) is 19.6 Å². The Balaban J connectivity index is 2.75. The first kappa shape index (κ1) is 10.4. The van der Waals surface area contributed by atoms with Crippen molar-refractivity contribution < 1.29 is 4.74 Å². The van der Waals surface area contributed by atoms with E-state index in [-0.39, 0.29) is 0 Å². The minimum Gasteiger partial charge on any atom is -0.380 e. The third-order valence-electron chi connectivity index (χ3n) is 1.25. The zero-order valence-corrected chi connectivity index (χ0v) is 7.10. The number of rotatable bonds is 7. The summed E-state index contributed by atoms with van der Waals surface area (Å²) in [5, 5.41) is 11.3. The fourth-order valence-corrected chi connectivity index (χ4v) is 0.676. The number of nitrogens with one attached hydrogen (secondary N) is 1. The summed E-state index contributed by atoms with van der Waals surface area (Å²) in [7, 11) is 0. The predicted molar refractivity (Wildman–Crippen MR) is 44.2 cm³/mol. The molecule has 0 aliphatic heterocycles. The summed E-state index contributed by atoms with van der Waals surface area (Å²) in [6.45, 7) is 5.42. The number of unbranched alkanes of at least 4 members (excludes halogenated alkanes) is 1. The molecule has 0 spiro atoms. The van der Waals surface area contributed by atoms with Crippen molar-refractivity contribution in [1.82, 2.24) is 5.32 Å². The molecule has 0 aromatic rings. The molecule has 0 bridgehead atoms. The Morgan fingerprint density at radius 2 is 2.27 bits per heavy atom. The first-order chi connectivity index (χ1) is 5.41. The molecule has 0 amide bonds. The van der Waals surface area contributed by atoms with Crippen molar-refractivity contribution in [1.29, 1.82) is 5.26 Å². The zero-order valence-electron chi connectivity index (χ0n) is 7.10. The maximum absolute atomic E-state index is 8.19. The van der Waals surface area contributed by atoms with Gasteiger partial charge in [-0.25, -0.2) is 0 Å². The lowest BCUT2D eigenvalue weighted by molar-refractivity contribution is 0.135. The second-order valence-electron chi connectivity index (χ2n) is 2.23. The third-order valence-corrected chi connectivity index (χ3v) is 1.25. The average molecular weight is 156 g/mol. The molecule has 1 N–H and O–H groups in total. The fourth-order valence-electron chi connectivity index (χ4n) is 0.676. The van der Waals surface area contributed by atoms with Gasteiger partial charge in [0.15, 0.2) is 0 Å². The van der Waals surface area contributed by atoms with Crippen LogP contribution in [0.1, 0.15) is 19.8 Å². The standard InChI is InChI=1S/C8H16N2O/c1-2-10-6-8-11-7-4-3-5-9/h10H,2-4,6-8H2,1H3. The molecule has 0 saturated carbocycles. The molecule has 0 rings (SSSR count). The topological polar surface area (TPSA) is 45.0 Å². The Kier molecular flexibility index (Phi) is 8.91. The van der Waals surface area contributed by atoms with Gasteiger partial charge < -0.3 is 10.1 Å². The maximum atomic E-state index is 8.19. The summed E-state index contributed by atoms with van der Waals surface area (Å²) in [5.41, 5.74) is 0. The van der Waals surface area contributed by atoms with Crippen molar-refractivity contribution in [3.8, 4) is 6.07 Å². The van der Waals surface area contributed by atoms with Crippen LogP contribution in [0, 0.1) is 11.3 Å². The molecular weight excluding hydrogens is 140 g/mol. The number of ether oxygens (including phenoxy) is 1. The second kappa shape index (κ2) is 9.41.